The van der Waals surface area contributed by atoms with E-state index >= 15 is 0 Å². The van der Waals surface area contributed by atoms with Crippen molar-refractivity contribution in [2.24, 2.45) is 0 Å². The van der Waals surface area contributed by atoms with Crippen LogP contribution in [-0.4, -0.2) is 11.7 Å². The van der Waals surface area contributed by atoms with Crippen molar-refractivity contribution in [3.05, 3.63) is 27.2 Å². The summed E-state index contributed by atoms with van der Waals surface area (Å²) in [5, 5.41) is 13.2. The fourth-order valence-corrected chi connectivity index (χ4v) is 1.99. The highest BCUT2D eigenvalue weighted by molar-refractivity contribution is 9.10. The highest BCUT2D eigenvalue weighted by Gasteiger charge is 2.23. The third-order valence-corrected chi connectivity index (χ3v) is 3.25. The van der Waals surface area contributed by atoms with Crippen LogP contribution in [0.25, 0.3) is 0 Å². The van der Waals surface area contributed by atoms with Crippen molar-refractivity contribution >= 4 is 33.2 Å². The average Bonchev–Trinajstić information content (AvgIpc) is 2.41. The lowest BCUT2D eigenvalue weighted by atomic mass is 10.1. The van der Waals surface area contributed by atoms with Crippen molar-refractivity contribution in [1.82, 2.24) is 0 Å². The molecule has 1 aromatic carbocycles. The van der Waals surface area contributed by atoms with E-state index in [1.54, 1.807) is 0 Å². The second-order valence-electron chi connectivity index (χ2n) is 2.72. The molecule has 1 aromatic rings. The monoisotopic (exact) mass is 247 g/mol. The number of hydrogen-bond donors (Lipinski definition) is 2. The predicted octanol–water partition coefficient (Wildman–Crippen LogP) is 2.56. The Bertz CT molecular complexity index is 329. The lowest BCUT2D eigenvalue weighted by molar-refractivity contribution is 0.199. The first-order valence-corrected chi connectivity index (χ1v) is 4.77. The number of fused-ring (bicyclic) bond motifs is 1. The number of rotatable bonds is 0. The molecule has 4 heteroatoms. The Morgan fingerprint density at radius 1 is 1.58 bits per heavy atom. The molecule has 2 nitrogen and oxygen atoms in total. The third-order valence-electron chi connectivity index (χ3n) is 1.95. The van der Waals surface area contributed by atoms with Crippen LogP contribution in [0, 0.1) is 0 Å². The number of β-amino-alcohol motifs (C(OH)–C–C–N with tert-alkyl or cyclic N) is 1. The van der Waals surface area contributed by atoms with Crippen LogP contribution in [0.5, 0.6) is 0 Å². The van der Waals surface area contributed by atoms with Gasteiger partial charge in [0.15, 0.2) is 0 Å². The summed E-state index contributed by atoms with van der Waals surface area (Å²) in [4.78, 5) is 0. The summed E-state index contributed by atoms with van der Waals surface area (Å²) in [7, 11) is 0. The van der Waals surface area contributed by atoms with Gasteiger partial charge in [-0.3, -0.25) is 0 Å². The maximum absolute atomic E-state index is 9.52. The summed E-state index contributed by atoms with van der Waals surface area (Å²) in [5.41, 5.74) is 1.72. The SMILES string of the molecule is OC1CNc2ccc(Br)c(Cl)c21. The standard InChI is InChI=1S/C8H7BrClNO/c9-4-1-2-5-7(8(4)10)6(12)3-11-5/h1-2,6,11-12H,3H2. The Morgan fingerprint density at radius 3 is 3.08 bits per heavy atom. The number of halogens is 2. The zero-order valence-electron chi connectivity index (χ0n) is 6.14. The normalized spacial score (nSPS) is 20.4. The van der Waals surface area contributed by atoms with Crippen molar-refractivity contribution in [3.63, 3.8) is 0 Å². The molecule has 0 saturated heterocycles. The Kier molecular flexibility index (Phi) is 2.02. The first kappa shape index (κ1) is 8.35. The van der Waals surface area contributed by atoms with Gasteiger partial charge in [0.1, 0.15) is 0 Å². The second-order valence-corrected chi connectivity index (χ2v) is 3.95. The van der Waals surface area contributed by atoms with Gasteiger partial charge in [-0.05, 0) is 28.1 Å². The average molecular weight is 249 g/mol. The van der Waals surface area contributed by atoms with Gasteiger partial charge in [-0.15, -0.1) is 0 Å². The van der Waals surface area contributed by atoms with Crippen LogP contribution in [0.3, 0.4) is 0 Å². The zero-order chi connectivity index (χ0) is 8.72. The van der Waals surface area contributed by atoms with Gasteiger partial charge in [0.05, 0.1) is 11.1 Å². The summed E-state index contributed by atoms with van der Waals surface area (Å²) in [6.45, 7) is 0.547. The van der Waals surface area contributed by atoms with E-state index in [0.29, 0.717) is 11.6 Å². The van der Waals surface area contributed by atoms with Gasteiger partial charge in [0.2, 0.25) is 0 Å². The highest BCUT2D eigenvalue weighted by atomic mass is 79.9. The van der Waals surface area contributed by atoms with Crippen LogP contribution in [0.1, 0.15) is 11.7 Å². The summed E-state index contributed by atoms with van der Waals surface area (Å²) in [6.07, 6.45) is -0.481. The van der Waals surface area contributed by atoms with Gasteiger partial charge in [-0.1, -0.05) is 11.6 Å². The van der Waals surface area contributed by atoms with Gasteiger partial charge in [0, 0.05) is 22.3 Å². The Labute approximate surface area is 83.7 Å². The maximum Gasteiger partial charge on any atom is 0.0997 e. The van der Waals surface area contributed by atoms with Crippen LogP contribution >= 0.6 is 27.5 Å². The van der Waals surface area contributed by atoms with E-state index in [1.165, 1.54) is 0 Å². The van der Waals surface area contributed by atoms with Gasteiger partial charge < -0.3 is 10.4 Å². The molecule has 12 heavy (non-hydrogen) atoms. The first-order valence-electron chi connectivity index (χ1n) is 3.60. The molecule has 0 amide bonds. The van der Waals surface area contributed by atoms with Gasteiger partial charge >= 0.3 is 0 Å². The predicted molar refractivity (Wildman–Crippen MR) is 52.6 cm³/mol. The quantitative estimate of drug-likeness (QED) is 0.739. The first-order chi connectivity index (χ1) is 5.70. The fraction of sp³-hybridized carbons (Fsp3) is 0.250. The van der Waals surface area contributed by atoms with Crippen LogP contribution < -0.4 is 5.32 Å². The van der Waals surface area contributed by atoms with E-state index < -0.39 is 6.10 Å². The molecular weight excluding hydrogens is 241 g/mol. The summed E-state index contributed by atoms with van der Waals surface area (Å²) in [5.74, 6) is 0. The third kappa shape index (κ3) is 1.13. The molecule has 0 spiro atoms. The largest absolute Gasteiger partial charge is 0.386 e. The molecular formula is C8H7BrClNO. The molecule has 2 N–H and O–H groups in total. The Balaban J connectivity index is 2.63. The maximum atomic E-state index is 9.52. The highest BCUT2D eigenvalue weighted by Crippen LogP contribution is 2.39. The van der Waals surface area contributed by atoms with E-state index in [1.807, 2.05) is 12.1 Å². The molecule has 0 aliphatic carbocycles. The van der Waals surface area contributed by atoms with E-state index in [2.05, 4.69) is 21.2 Å². The fourth-order valence-electron chi connectivity index (χ4n) is 1.35. The molecule has 0 aromatic heterocycles. The molecule has 0 fully saturated rings. The van der Waals surface area contributed by atoms with Crippen LogP contribution in [0.15, 0.2) is 16.6 Å². The van der Waals surface area contributed by atoms with Crippen LogP contribution in [-0.2, 0) is 0 Å². The van der Waals surface area contributed by atoms with Crippen molar-refractivity contribution in [3.8, 4) is 0 Å². The minimum absolute atomic E-state index is 0.481. The van der Waals surface area contributed by atoms with Gasteiger partial charge in [-0.25, -0.2) is 0 Å². The van der Waals surface area contributed by atoms with Crippen molar-refractivity contribution in [2.45, 2.75) is 6.10 Å². The summed E-state index contributed by atoms with van der Waals surface area (Å²) >= 11 is 9.29. The number of aliphatic hydroxyl groups excluding tert-OH is 1. The van der Waals surface area contributed by atoms with Crippen molar-refractivity contribution in [2.75, 3.05) is 11.9 Å². The van der Waals surface area contributed by atoms with E-state index in [-0.39, 0.29) is 0 Å². The second kappa shape index (κ2) is 2.91. The molecule has 64 valence electrons. The smallest absolute Gasteiger partial charge is 0.0997 e. The lowest BCUT2D eigenvalue weighted by Crippen LogP contribution is -1.99. The van der Waals surface area contributed by atoms with Gasteiger partial charge in [0.25, 0.3) is 0 Å². The minimum Gasteiger partial charge on any atom is -0.386 e. The Hall–Kier alpha value is -0.250. The number of benzene rings is 1. The molecule has 1 aliphatic rings. The zero-order valence-corrected chi connectivity index (χ0v) is 8.48. The van der Waals surface area contributed by atoms with Crippen molar-refractivity contribution < 1.29 is 5.11 Å². The topological polar surface area (TPSA) is 32.3 Å². The minimum atomic E-state index is -0.481. The van der Waals surface area contributed by atoms with E-state index in [0.717, 1.165) is 15.7 Å². The van der Waals surface area contributed by atoms with E-state index in [4.69, 9.17) is 11.6 Å². The van der Waals surface area contributed by atoms with E-state index in [9.17, 15) is 5.11 Å². The number of aliphatic hydroxyl groups is 1. The molecule has 0 radical (unpaired) electrons. The Morgan fingerprint density at radius 2 is 2.33 bits per heavy atom. The summed E-state index contributed by atoms with van der Waals surface area (Å²) < 4.78 is 0.825. The lowest BCUT2D eigenvalue weighted by Gasteiger charge is -2.05. The molecule has 1 aliphatic heterocycles. The molecule has 1 heterocycles. The number of anilines is 1. The van der Waals surface area contributed by atoms with Crippen LogP contribution in [0.4, 0.5) is 5.69 Å². The summed E-state index contributed by atoms with van der Waals surface area (Å²) in [6, 6.07) is 3.77. The molecule has 2 rings (SSSR count). The molecule has 0 bridgehead atoms. The molecule has 1 unspecified atom stereocenters. The molecule has 1 atom stereocenters. The van der Waals surface area contributed by atoms with Crippen molar-refractivity contribution in [1.29, 1.82) is 0 Å². The number of hydrogen-bond acceptors (Lipinski definition) is 2. The van der Waals surface area contributed by atoms with Crippen LogP contribution in [0.2, 0.25) is 5.02 Å². The van der Waals surface area contributed by atoms with Gasteiger partial charge in [-0.2, -0.15) is 0 Å². The number of nitrogens with one attached hydrogen (secondary N) is 1. The molecule has 0 saturated carbocycles.